The van der Waals surface area contributed by atoms with Crippen molar-refractivity contribution in [2.75, 3.05) is 64.0 Å². The number of hydrogen-bond acceptors (Lipinski definition) is 5. The van der Waals surface area contributed by atoms with Gasteiger partial charge in [-0.3, -0.25) is 14.7 Å². The largest absolute Gasteiger partial charge is 0.482 e. The molecule has 27 heavy (non-hydrogen) atoms. The van der Waals surface area contributed by atoms with E-state index in [1.54, 1.807) is 4.90 Å². The van der Waals surface area contributed by atoms with Crippen molar-refractivity contribution in [1.82, 2.24) is 10.2 Å². The summed E-state index contributed by atoms with van der Waals surface area (Å²) >= 11 is 0. The lowest BCUT2D eigenvalue weighted by atomic mass is 10.2. The molecule has 0 spiro atoms. The third-order valence-corrected chi connectivity index (χ3v) is 4.69. The fourth-order valence-electron chi connectivity index (χ4n) is 3.23. The van der Waals surface area contributed by atoms with Gasteiger partial charge >= 0.3 is 0 Å². The van der Waals surface area contributed by atoms with Crippen molar-refractivity contribution < 1.29 is 14.3 Å². The van der Waals surface area contributed by atoms with Crippen molar-refractivity contribution in [2.24, 2.45) is 10.7 Å². The highest BCUT2D eigenvalue weighted by molar-refractivity contribution is 5.97. The van der Waals surface area contributed by atoms with Crippen molar-refractivity contribution in [3.63, 3.8) is 0 Å². The molecule has 1 amide bonds. The maximum Gasteiger partial charge on any atom is 0.265 e. The van der Waals surface area contributed by atoms with Crippen LogP contribution >= 0.6 is 0 Å². The number of hydrogen-bond donors (Lipinski definition) is 2. The number of anilines is 1. The van der Waals surface area contributed by atoms with Gasteiger partial charge in [0, 0.05) is 32.7 Å². The maximum atomic E-state index is 12.1. The molecule has 1 saturated heterocycles. The second kappa shape index (κ2) is 10.1. The van der Waals surface area contributed by atoms with Crippen LogP contribution in [-0.2, 0) is 9.53 Å². The van der Waals surface area contributed by atoms with Gasteiger partial charge in [0.1, 0.15) is 5.75 Å². The molecule has 0 aliphatic carbocycles. The molecule has 0 radical (unpaired) electrons. The summed E-state index contributed by atoms with van der Waals surface area (Å²) in [5, 5.41) is 3.15. The van der Waals surface area contributed by atoms with Crippen LogP contribution in [0.5, 0.6) is 5.75 Å². The third kappa shape index (κ3) is 5.83. The van der Waals surface area contributed by atoms with Crippen LogP contribution in [0.4, 0.5) is 5.69 Å². The number of amides is 1. The van der Waals surface area contributed by atoms with Gasteiger partial charge in [-0.25, -0.2) is 0 Å². The maximum absolute atomic E-state index is 12.1. The number of nitrogens with two attached hydrogens (primary N) is 1. The smallest absolute Gasteiger partial charge is 0.265 e. The van der Waals surface area contributed by atoms with Crippen molar-refractivity contribution >= 4 is 17.6 Å². The number of fused-ring (bicyclic) bond motifs is 1. The van der Waals surface area contributed by atoms with Gasteiger partial charge in [-0.2, -0.15) is 0 Å². The molecule has 1 fully saturated rings. The van der Waals surface area contributed by atoms with E-state index in [4.69, 9.17) is 15.2 Å². The Labute approximate surface area is 160 Å². The minimum Gasteiger partial charge on any atom is -0.482 e. The zero-order chi connectivity index (χ0) is 18.9. The number of nitrogens with one attached hydrogen (secondary N) is 1. The van der Waals surface area contributed by atoms with E-state index in [-0.39, 0.29) is 12.5 Å². The summed E-state index contributed by atoms with van der Waals surface area (Å²) in [6.45, 7) is 6.79. The molecule has 2 heterocycles. The van der Waals surface area contributed by atoms with Gasteiger partial charge < -0.3 is 25.4 Å². The van der Waals surface area contributed by atoms with E-state index in [1.807, 2.05) is 24.3 Å². The van der Waals surface area contributed by atoms with Gasteiger partial charge in [0.05, 0.1) is 18.9 Å². The molecule has 8 nitrogen and oxygen atoms in total. The Bertz CT molecular complexity index is 646. The Morgan fingerprint density at radius 3 is 2.85 bits per heavy atom. The Morgan fingerprint density at radius 2 is 2.00 bits per heavy atom. The number of aliphatic imine (C=N–C) groups is 1. The summed E-state index contributed by atoms with van der Waals surface area (Å²) in [5.41, 5.74) is 6.75. The molecule has 0 bridgehead atoms. The van der Waals surface area contributed by atoms with E-state index < -0.39 is 0 Å². The summed E-state index contributed by atoms with van der Waals surface area (Å²) in [6.07, 6.45) is 1.77. The molecule has 2 aliphatic heterocycles. The molecule has 1 aromatic carbocycles. The van der Waals surface area contributed by atoms with E-state index >= 15 is 0 Å². The number of rotatable bonds is 8. The van der Waals surface area contributed by atoms with E-state index in [2.05, 4.69) is 15.2 Å². The van der Waals surface area contributed by atoms with Gasteiger partial charge in [0.15, 0.2) is 12.6 Å². The quantitative estimate of drug-likeness (QED) is 0.389. The lowest BCUT2D eigenvalue weighted by Gasteiger charge is -2.29. The van der Waals surface area contributed by atoms with E-state index in [9.17, 15) is 4.79 Å². The highest BCUT2D eigenvalue weighted by Gasteiger charge is 2.24. The molecule has 8 heteroatoms. The van der Waals surface area contributed by atoms with E-state index in [0.29, 0.717) is 19.0 Å². The summed E-state index contributed by atoms with van der Waals surface area (Å²) in [5.74, 6) is 1.19. The summed E-state index contributed by atoms with van der Waals surface area (Å²) in [4.78, 5) is 20.6. The van der Waals surface area contributed by atoms with Crippen LogP contribution in [-0.4, -0.2) is 75.9 Å². The minimum absolute atomic E-state index is 0.0214. The topological polar surface area (TPSA) is 92.4 Å². The number of nitrogens with zero attached hydrogens (tertiary/aromatic N) is 3. The number of ether oxygens (including phenoxy) is 2. The Balaban J connectivity index is 1.33. The van der Waals surface area contributed by atoms with Crippen LogP contribution in [0, 0.1) is 0 Å². The monoisotopic (exact) mass is 375 g/mol. The van der Waals surface area contributed by atoms with Crippen LogP contribution in [0.25, 0.3) is 0 Å². The molecule has 3 N–H and O–H groups in total. The molecule has 0 aromatic heterocycles. The Hall–Kier alpha value is -2.32. The van der Waals surface area contributed by atoms with Crippen LogP contribution in [0.1, 0.15) is 12.8 Å². The predicted octanol–water partition coefficient (Wildman–Crippen LogP) is 0.429. The van der Waals surface area contributed by atoms with Crippen LogP contribution in [0.15, 0.2) is 29.3 Å². The highest BCUT2D eigenvalue weighted by Crippen LogP contribution is 2.31. The molecule has 2 aliphatic rings. The normalized spacial score (nSPS) is 18.1. The van der Waals surface area contributed by atoms with Gasteiger partial charge in [-0.05, 0) is 31.5 Å². The number of para-hydroxylation sites is 2. The van der Waals surface area contributed by atoms with Crippen molar-refractivity contribution in [3.8, 4) is 5.75 Å². The standard InChI is InChI=1S/C19H29N5O3/c20-19(21-7-3-9-23-11-13-26-14-12-23)22-8-4-10-24-16-5-1-2-6-17(16)27-15-18(24)25/h1-2,5-6H,3-4,7-15H2,(H3,20,21,22). The van der Waals surface area contributed by atoms with Gasteiger partial charge in [0.25, 0.3) is 5.91 Å². The van der Waals surface area contributed by atoms with Crippen molar-refractivity contribution in [1.29, 1.82) is 0 Å². The Morgan fingerprint density at radius 1 is 1.19 bits per heavy atom. The van der Waals surface area contributed by atoms with Gasteiger partial charge in [0.2, 0.25) is 0 Å². The number of carbonyl (C=O) groups is 1. The average Bonchev–Trinajstić information content (AvgIpc) is 2.70. The summed E-state index contributed by atoms with van der Waals surface area (Å²) < 4.78 is 10.8. The Kier molecular flexibility index (Phi) is 7.29. The molecule has 0 atom stereocenters. The van der Waals surface area contributed by atoms with Crippen molar-refractivity contribution in [2.45, 2.75) is 12.8 Å². The fourth-order valence-corrected chi connectivity index (χ4v) is 3.23. The number of guanidine groups is 1. The average molecular weight is 375 g/mol. The van der Waals surface area contributed by atoms with Crippen LogP contribution in [0.3, 0.4) is 0 Å². The minimum atomic E-state index is -0.0214. The van der Waals surface area contributed by atoms with Crippen LogP contribution in [0.2, 0.25) is 0 Å². The predicted molar refractivity (Wildman–Crippen MR) is 105 cm³/mol. The molecule has 3 rings (SSSR count). The second-order valence-electron chi connectivity index (χ2n) is 6.66. The molecule has 148 valence electrons. The van der Waals surface area contributed by atoms with Crippen molar-refractivity contribution in [3.05, 3.63) is 24.3 Å². The van der Waals surface area contributed by atoms with E-state index in [0.717, 1.165) is 63.7 Å². The van der Waals surface area contributed by atoms with Crippen LogP contribution < -0.4 is 20.7 Å². The molecule has 0 saturated carbocycles. The lowest BCUT2D eigenvalue weighted by Crippen LogP contribution is -2.40. The third-order valence-electron chi connectivity index (χ3n) is 4.69. The second-order valence-corrected chi connectivity index (χ2v) is 6.66. The van der Waals surface area contributed by atoms with Gasteiger partial charge in [-0.15, -0.1) is 0 Å². The number of morpholine rings is 1. The fraction of sp³-hybridized carbons (Fsp3) is 0.579. The zero-order valence-corrected chi connectivity index (χ0v) is 15.7. The molecular formula is C19H29N5O3. The first-order valence-electron chi connectivity index (χ1n) is 9.60. The van der Waals surface area contributed by atoms with E-state index in [1.165, 1.54) is 0 Å². The van der Waals surface area contributed by atoms with Gasteiger partial charge in [-0.1, -0.05) is 12.1 Å². The number of benzene rings is 1. The molecular weight excluding hydrogens is 346 g/mol. The first kappa shape index (κ1) is 19.4. The lowest BCUT2D eigenvalue weighted by molar-refractivity contribution is -0.121. The number of carbonyl (C=O) groups excluding carboxylic acids is 1. The molecule has 1 aromatic rings. The zero-order valence-electron chi connectivity index (χ0n) is 15.7. The molecule has 0 unspecified atom stereocenters. The summed E-state index contributed by atoms with van der Waals surface area (Å²) in [6, 6.07) is 7.60. The highest BCUT2D eigenvalue weighted by atomic mass is 16.5. The first-order valence-corrected chi connectivity index (χ1v) is 9.60. The summed E-state index contributed by atoms with van der Waals surface area (Å²) in [7, 11) is 0. The SMILES string of the molecule is NC(=NCCCN1C(=O)COc2ccccc21)NCCCN1CCOCC1. The first-order chi connectivity index (χ1) is 13.2.